The lowest BCUT2D eigenvalue weighted by Crippen LogP contribution is -1.99. The zero-order chi connectivity index (χ0) is 16.5. The summed E-state index contributed by atoms with van der Waals surface area (Å²) in [4.78, 5) is 0. The third-order valence-electron chi connectivity index (χ3n) is 4.31. The molecule has 0 unspecified atom stereocenters. The maximum atomic E-state index is 5.85. The quantitative estimate of drug-likeness (QED) is 0.560. The van der Waals surface area contributed by atoms with Crippen molar-refractivity contribution in [3.05, 3.63) is 59.7 Å². The van der Waals surface area contributed by atoms with Crippen molar-refractivity contribution in [2.45, 2.75) is 39.0 Å². The number of nitrogens with two attached hydrogens (primary N) is 2. The van der Waals surface area contributed by atoms with Crippen LogP contribution in [0.5, 0.6) is 0 Å². The van der Waals surface area contributed by atoms with Crippen LogP contribution in [0.25, 0.3) is 12.2 Å². The molecular weight excluding hydrogens is 280 g/mol. The second kappa shape index (κ2) is 9.04. The Kier molecular flexibility index (Phi) is 6.74. The van der Waals surface area contributed by atoms with Gasteiger partial charge in [-0.2, -0.15) is 0 Å². The van der Waals surface area contributed by atoms with Crippen molar-refractivity contribution < 1.29 is 0 Å². The Balaban J connectivity index is 0.000000229. The SMILES string of the molecule is CC1CCCCC1.Nc1cccc(N)c1C=Cc1ccccc1. The summed E-state index contributed by atoms with van der Waals surface area (Å²) in [6.07, 6.45) is 11.4. The van der Waals surface area contributed by atoms with Gasteiger partial charge in [0.05, 0.1) is 0 Å². The smallest absolute Gasteiger partial charge is 0.0408 e. The molecule has 3 rings (SSSR count). The molecule has 4 N–H and O–H groups in total. The maximum absolute atomic E-state index is 5.85. The fraction of sp³-hybridized carbons (Fsp3) is 0.333. The molecule has 1 aliphatic carbocycles. The van der Waals surface area contributed by atoms with E-state index in [1.54, 1.807) is 0 Å². The van der Waals surface area contributed by atoms with Crippen LogP contribution in [-0.4, -0.2) is 0 Å². The molecular formula is C21H28N2. The van der Waals surface area contributed by atoms with Crippen LogP contribution in [0.4, 0.5) is 11.4 Å². The fourth-order valence-electron chi connectivity index (χ4n) is 2.84. The molecule has 2 aromatic rings. The second-order valence-corrected chi connectivity index (χ2v) is 6.34. The molecule has 0 radical (unpaired) electrons. The summed E-state index contributed by atoms with van der Waals surface area (Å²) in [6, 6.07) is 15.6. The van der Waals surface area contributed by atoms with E-state index in [9.17, 15) is 0 Å². The molecule has 2 nitrogen and oxygen atoms in total. The number of rotatable bonds is 2. The molecule has 122 valence electrons. The van der Waals surface area contributed by atoms with E-state index in [-0.39, 0.29) is 0 Å². The lowest BCUT2D eigenvalue weighted by molar-refractivity contribution is 0.385. The Morgan fingerprint density at radius 2 is 1.39 bits per heavy atom. The van der Waals surface area contributed by atoms with Crippen molar-refractivity contribution in [3.63, 3.8) is 0 Å². The summed E-state index contributed by atoms with van der Waals surface area (Å²) in [7, 11) is 0. The van der Waals surface area contributed by atoms with E-state index in [0.29, 0.717) is 11.4 Å². The summed E-state index contributed by atoms with van der Waals surface area (Å²) in [5.74, 6) is 1.04. The highest BCUT2D eigenvalue weighted by Crippen LogP contribution is 2.22. The van der Waals surface area contributed by atoms with Crippen LogP contribution in [0.15, 0.2) is 48.5 Å². The Bertz CT molecular complexity index is 591. The summed E-state index contributed by atoms with van der Waals surface area (Å²) in [6.45, 7) is 2.36. The van der Waals surface area contributed by atoms with Crippen molar-refractivity contribution in [1.82, 2.24) is 0 Å². The number of hydrogen-bond acceptors (Lipinski definition) is 2. The van der Waals surface area contributed by atoms with Gasteiger partial charge in [0, 0.05) is 16.9 Å². The minimum absolute atomic E-state index is 0.701. The van der Waals surface area contributed by atoms with Crippen molar-refractivity contribution >= 4 is 23.5 Å². The largest absolute Gasteiger partial charge is 0.398 e. The molecule has 2 aromatic carbocycles. The average molecular weight is 308 g/mol. The topological polar surface area (TPSA) is 52.0 Å². The maximum Gasteiger partial charge on any atom is 0.0408 e. The van der Waals surface area contributed by atoms with Gasteiger partial charge in [-0.3, -0.25) is 0 Å². The van der Waals surface area contributed by atoms with E-state index >= 15 is 0 Å². The number of benzene rings is 2. The molecule has 0 saturated heterocycles. The third kappa shape index (κ3) is 5.82. The lowest BCUT2D eigenvalue weighted by atomic mass is 9.91. The second-order valence-electron chi connectivity index (χ2n) is 6.34. The predicted molar refractivity (Wildman–Crippen MR) is 103 cm³/mol. The van der Waals surface area contributed by atoms with Crippen molar-refractivity contribution in [3.8, 4) is 0 Å². The first-order chi connectivity index (χ1) is 11.2. The van der Waals surface area contributed by atoms with Gasteiger partial charge in [0.1, 0.15) is 0 Å². The molecule has 1 fully saturated rings. The first kappa shape index (κ1) is 17.1. The van der Waals surface area contributed by atoms with Crippen LogP contribution < -0.4 is 11.5 Å². The Labute approximate surface area is 140 Å². The van der Waals surface area contributed by atoms with E-state index in [1.165, 1.54) is 32.1 Å². The standard InChI is InChI=1S/C14H14N2.C7H14/c15-13-7-4-8-14(16)12(13)10-9-11-5-2-1-3-6-11;1-7-5-3-2-4-6-7/h1-10H,15-16H2;7H,2-6H2,1H3. The van der Waals surface area contributed by atoms with E-state index in [0.717, 1.165) is 17.0 Å². The zero-order valence-corrected chi connectivity index (χ0v) is 14.0. The molecule has 0 spiro atoms. The molecule has 2 heteroatoms. The van der Waals surface area contributed by atoms with Gasteiger partial charge in [-0.05, 0) is 23.6 Å². The lowest BCUT2D eigenvalue weighted by Gasteiger charge is -2.15. The van der Waals surface area contributed by atoms with Gasteiger partial charge in [0.25, 0.3) is 0 Å². The minimum atomic E-state index is 0.701. The molecule has 23 heavy (non-hydrogen) atoms. The Morgan fingerprint density at radius 3 is 1.91 bits per heavy atom. The summed E-state index contributed by atoms with van der Waals surface area (Å²) < 4.78 is 0. The van der Waals surface area contributed by atoms with Crippen LogP contribution in [0.3, 0.4) is 0 Å². The monoisotopic (exact) mass is 308 g/mol. The highest BCUT2D eigenvalue weighted by molar-refractivity contribution is 5.82. The first-order valence-corrected chi connectivity index (χ1v) is 8.54. The molecule has 0 bridgehead atoms. The minimum Gasteiger partial charge on any atom is -0.398 e. The van der Waals surface area contributed by atoms with E-state index in [4.69, 9.17) is 11.5 Å². The van der Waals surface area contributed by atoms with Gasteiger partial charge in [0.15, 0.2) is 0 Å². The van der Waals surface area contributed by atoms with Gasteiger partial charge in [-0.15, -0.1) is 0 Å². The van der Waals surface area contributed by atoms with Gasteiger partial charge in [-0.1, -0.05) is 87.6 Å². The number of anilines is 2. The number of nitrogen functional groups attached to an aromatic ring is 2. The van der Waals surface area contributed by atoms with Gasteiger partial charge in [-0.25, -0.2) is 0 Å². The van der Waals surface area contributed by atoms with E-state index < -0.39 is 0 Å². The van der Waals surface area contributed by atoms with Crippen LogP contribution in [0.2, 0.25) is 0 Å². The highest BCUT2D eigenvalue weighted by atomic mass is 14.6. The van der Waals surface area contributed by atoms with E-state index in [1.807, 2.05) is 60.7 Å². The van der Waals surface area contributed by atoms with Gasteiger partial charge >= 0.3 is 0 Å². The molecule has 0 atom stereocenters. The highest BCUT2D eigenvalue weighted by Gasteiger charge is 2.06. The predicted octanol–water partition coefficient (Wildman–Crippen LogP) is 5.61. The molecule has 1 saturated carbocycles. The summed E-state index contributed by atoms with van der Waals surface area (Å²) in [5.41, 5.74) is 15.1. The van der Waals surface area contributed by atoms with Crippen molar-refractivity contribution in [2.75, 3.05) is 11.5 Å². The molecule has 0 aliphatic heterocycles. The third-order valence-corrected chi connectivity index (χ3v) is 4.31. The molecule has 0 amide bonds. The zero-order valence-electron chi connectivity index (χ0n) is 14.0. The van der Waals surface area contributed by atoms with Crippen molar-refractivity contribution in [2.24, 2.45) is 5.92 Å². The average Bonchev–Trinajstić information content (AvgIpc) is 2.57. The summed E-state index contributed by atoms with van der Waals surface area (Å²) in [5, 5.41) is 0. The normalized spacial score (nSPS) is 15.2. The first-order valence-electron chi connectivity index (χ1n) is 8.54. The fourth-order valence-corrected chi connectivity index (χ4v) is 2.84. The van der Waals surface area contributed by atoms with Crippen LogP contribution in [0.1, 0.15) is 50.2 Å². The summed E-state index contributed by atoms with van der Waals surface area (Å²) >= 11 is 0. The Morgan fingerprint density at radius 1 is 0.783 bits per heavy atom. The number of hydrogen-bond donors (Lipinski definition) is 2. The molecule has 0 heterocycles. The van der Waals surface area contributed by atoms with Crippen LogP contribution in [-0.2, 0) is 0 Å². The van der Waals surface area contributed by atoms with E-state index in [2.05, 4.69) is 6.92 Å². The van der Waals surface area contributed by atoms with Gasteiger partial charge in [0.2, 0.25) is 0 Å². The Hall–Kier alpha value is -2.22. The van der Waals surface area contributed by atoms with Crippen LogP contribution >= 0.6 is 0 Å². The molecule has 1 aliphatic rings. The van der Waals surface area contributed by atoms with Gasteiger partial charge < -0.3 is 11.5 Å². The van der Waals surface area contributed by atoms with Crippen LogP contribution in [0, 0.1) is 5.92 Å². The molecule has 0 aromatic heterocycles. The van der Waals surface area contributed by atoms with Crippen molar-refractivity contribution in [1.29, 1.82) is 0 Å².